The van der Waals surface area contributed by atoms with Crippen LogP contribution in [0.2, 0.25) is 5.02 Å². The van der Waals surface area contributed by atoms with E-state index in [2.05, 4.69) is 10.3 Å². The number of carbonyl (C=O) groups excluding carboxylic acids is 1. The number of hydrogen-bond acceptors (Lipinski definition) is 3. The second-order valence-electron chi connectivity index (χ2n) is 3.82. The van der Waals surface area contributed by atoms with Crippen molar-refractivity contribution in [2.75, 3.05) is 6.61 Å². The summed E-state index contributed by atoms with van der Waals surface area (Å²) < 4.78 is 5.32. The summed E-state index contributed by atoms with van der Waals surface area (Å²) in [6.07, 6.45) is 1.68. The topological polar surface area (TPSA) is 51.2 Å². The molecule has 0 bridgehead atoms. The Bertz CT molecular complexity index is 546. The molecule has 2 aromatic rings. The predicted octanol–water partition coefficient (Wildman–Crippen LogP) is 2.43. The van der Waals surface area contributed by atoms with E-state index < -0.39 is 0 Å². The van der Waals surface area contributed by atoms with Crippen LogP contribution in [-0.2, 0) is 11.3 Å². The van der Waals surface area contributed by atoms with Crippen molar-refractivity contribution in [3.05, 3.63) is 59.4 Å². The molecule has 1 aromatic carbocycles. The molecule has 0 unspecified atom stereocenters. The van der Waals surface area contributed by atoms with E-state index in [-0.39, 0.29) is 12.5 Å². The third-order valence-electron chi connectivity index (χ3n) is 2.39. The molecule has 98 valence electrons. The van der Waals surface area contributed by atoms with E-state index in [1.807, 2.05) is 18.2 Å². The van der Waals surface area contributed by atoms with Gasteiger partial charge in [0.1, 0.15) is 5.75 Å². The van der Waals surface area contributed by atoms with Crippen LogP contribution in [0.4, 0.5) is 0 Å². The molecule has 0 saturated heterocycles. The highest BCUT2D eigenvalue weighted by molar-refractivity contribution is 6.32. The minimum atomic E-state index is -0.217. The molecule has 4 nitrogen and oxygen atoms in total. The summed E-state index contributed by atoms with van der Waals surface area (Å²) in [5, 5.41) is 3.21. The minimum Gasteiger partial charge on any atom is -0.482 e. The number of para-hydroxylation sites is 1. The molecular formula is C14H13ClN2O2. The average Bonchev–Trinajstić information content (AvgIpc) is 2.45. The van der Waals surface area contributed by atoms with E-state index in [1.54, 1.807) is 30.5 Å². The average molecular weight is 277 g/mol. The van der Waals surface area contributed by atoms with E-state index in [0.717, 1.165) is 5.69 Å². The van der Waals surface area contributed by atoms with Crippen LogP contribution >= 0.6 is 11.6 Å². The summed E-state index contributed by atoms with van der Waals surface area (Å²) in [6.45, 7) is 0.308. The molecule has 1 heterocycles. The largest absolute Gasteiger partial charge is 0.482 e. The Balaban J connectivity index is 1.78. The van der Waals surface area contributed by atoms with Crippen LogP contribution in [0.3, 0.4) is 0 Å². The number of rotatable bonds is 5. The molecule has 0 atom stereocenters. The molecule has 0 radical (unpaired) electrons. The molecule has 0 aliphatic heterocycles. The third-order valence-corrected chi connectivity index (χ3v) is 2.70. The molecule has 1 amide bonds. The fourth-order valence-corrected chi connectivity index (χ4v) is 1.64. The Morgan fingerprint density at radius 2 is 2.00 bits per heavy atom. The smallest absolute Gasteiger partial charge is 0.258 e. The Morgan fingerprint density at radius 3 is 2.74 bits per heavy atom. The highest BCUT2D eigenvalue weighted by atomic mass is 35.5. The number of carbonyl (C=O) groups is 1. The lowest BCUT2D eigenvalue weighted by Gasteiger charge is -2.08. The molecular weight excluding hydrogens is 264 g/mol. The first kappa shape index (κ1) is 13.4. The van der Waals surface area contributed by atoms with Gasteiger partial charge in [0.25, 0.3) is 5.91 Å². The van der Waals surface area contributed by atoms with Crippen molar-refractivity contribution >= 4 is 17.5 Å². The molecule has 0 saturated carbocycles. The van der Waals surface area contributed by atoms with Gasteiger partial charge < -0.3 is 10.1 Å². The van der Waals surface area contributed by atoms with Crippen LogP contribution in [0, 0.1) is 0 Å². The Labute approximate surface area is 116 Å². The first-order valence-electron chi connectivity index (χ1n) is 5.79. The molecule has 1 N–H and O–H groups in total. The van der Waals surface area contributed by atoms with Crippen molar-refractivity contribution in [1.82, 2.24) is 10.3 Å². The van der Waals surface area contributed by atoms with Gasteiger partial charge in [-0.1, -0.05) is 29.8 Å². The minimum absolute atomic E-state index is 0.0729. The van der Waals surface area contributed by atoms with Gasteiger partial charge in [0.2, 0.25) is 0 Å². The lowest BCUT2D eigenvalue weighted by Crippen LogP contribution is -2.28. The van der Waals surface area contributed by atoms with Crippen molar-refractivity contribution in [1.29, 1.82) is 0 Å². The first-order chi connectivity index (χ1) is 9.25. The number of ether oxygens (including phenoxy) is 1. The zero-order valence-corrected chi connectivity index (χ0v) is 10.9. The van der Waals surface area contributed by atoms with Crippen molar-refractivity contribution in [3.8, 4) is 5.75 Å². The summed E-state index contributed by atoms with van der Waals surface area (Å²) in [6, 6.07) is 12.6. The summed E-state index contributed by atoms with van der Waals surface area (Å²) in [4.78, 5) is 15.7. The lowest BCUT2D eigenvalue weighted by molar-refractivity contribution is -0.123. The number of nitrogens with one attached hydrogen (secondary N) is 1. The second kappa shape index (κ2) is 6.75. The summed E-state index contributed by atoms with van der Waals surface area (Å²) in [5.41, 5.74) is 0.800. The number of amides is 1. The molecule has 19 heavy (non-hydrogen) atoms. The fraction of sp³-hybridized carbons (Fsp3) is 0.143. The van der Waals surface area contributed by atoms with Crippen LogP contribution in [-0.4, -0.2) is 17.5 Å². The molecule has 0 aliphatic rings. The number of aromatic nitrogens is 1. The zero-order chi connectivity index (χ0) is 13.5. The number of hydrogen-bond donors (Lipinski definition) is 1. The molecule has 2 rings (SSSR count). The van der Waals surface area contributed by atoms with Crippen LogP contribution in [0.15, 0.2) is 48.7 Å². The Morgan fingerprint density at radius 1 is 1.21 bits per heavy atom. The molecule has 1 aromatic heterocycles. The SMILES string of the molecule is O=C(COc1ccccc1Cl)NCc1ccccn1. The fourth-order valence-electron chi connectivity index (χ4n) is 1.45. The third kappa shape index (κ3) is 4.26. The maximum absolute atomic E-state index is 11.6. The maximum atomic E-state index is 11.6. The van der Waals surface area contributed by atoms with Gasteiger partial charge in [-0.05, 0) is 24.3 Å². The van der Waals surface area contributed by atoms with Gasteiger partial charge in [-0.15, -0.1) is 0 Å². The first-order valence-corrected chi connectivity index (χ1v) is 6.17. The number of pyridine rings is 1. The zero-order valence-electron chi connectivity index (χ0n) is 10.2. The summed E-state index contributed by atoms with van der Waals surface area (Å²) in [7, 11) is 0. The molecule has 5 heteroatoms. The number of benzene rings is 1. The Kier molecular flexibility index (Phi) is 4.75. The van der Waals surface area contributed by atoms with Crippen LogP contribution < -0.4 is 10.1 Å². The maximum Gasteiger partial charge on any atom is 0.258 e. The summed E-state index contributed by atoms with van der Waals surface area (Å²) >= 11 is 5.91. The summed E-state index contributed by atoms with van der Waals surface area (Å²) in [5.74, 6) is 0.280. The van der Waals surface area contributed by atoms with E-state index in [4.69, 9.17) is 16.3 Å². The van der Waals surface area contributed by atoms with Crippen LogP contribution in [0.1, 0.15) is 5.69 Å². The van der Waals surface area contributed by atoms with Gasteiger partial charge in [0.15, 0.2) is 6.61 Å². The number of halogens is 1. The standard InChI is InChI=1S/C14H13ClN2O2/c15-12-6-1-2-7-13(12)19-10-14(18)17-9-11-5-3-4-8-16-11/h1-8H,9-10H2,(H,17,18). The van der Waals surface area contributed by atoms with E-state index in [1.165, 1.54) is 0 Å². The van der Waals surface area contributed by atoms with E-state index in [0.29, 0.717) is 17.3 Å². The normalized spacial score (nSPS) is 9.95. The quantitative estimate of drug-likeness (QED) is 0.912. The van der Waals surface area contributed by atoms with Crippen molar-refractivity contribution in [3.63, 3.8) is 0 Å². The van der Waals surface area contributed by atoms with Crippen molar-refractivity contribution in [2.24, 2.45) is 0 Å². The number of nitrogens with zero attached hydrogens (tertiary/aromatic N) is 1. The van der Waals surface area contributed by atoms with Crippen LogP contribution in [0.25, 0.3) is 0 Å². The highest BCUT2D eigenvalue weighted by Gasteiger charge is 2.05. The van der Waals surface area contributed by atoms with Crippen molar-refractivity contribution < 1.29 is 9.53 Å². The van der Waals surface area contributed by atoms with E-state index >= 15 is 0 Å². The van der Waals surface area contributed by atoms with Gasteiger partial charge in [0.05, 0.1) is 17.3 Å². The molecule has 0 fully saturated rings. The molecule has 0 aliphatic carbocycles. The van der Waals surface area contributed by atoms with Gasteiger partial charge in [0, 0.05) is 6.20 Å². The molecule has 0 spiro atoms. The van der Waals surface area contributed by atoms with Gasteiger partial charge in [-0.2, -0.15) is 0 Å². The van der Waals surface area contributed by atoms with E-state index in [9.17, 15) is 4.79 Å². The second-order valence-corrected chi connectivity index (χ2v) is 4.22. The van der Waals surface area contributed by atoms with Crippen molar-refractivity contribution in [2.45, 2.75) is 6.54 Å². The van der Waals surface area contributed by atoms with Gasteiger partial charge >= 0.3 is 0 Å². The lowest BCUT2D eigenvalue weighted by atomic mass is 10.3. The van der Waals surface area contributed by atoms with Gasteiger partial charge in [-0.3, -0.25) is 9.78 Å². The monoisotopic (exact) mass is 276 g/mol. The highest BCUT2D eigenvalue weighted by Crippen LogP contribution is 2.22. The van der Waals surface area contributed by atoms with Gasteiger partial charge in [-0.25, -0.2) is 0 Å². The predicted molar refractivity (Wildman–Crippen MR) is 73.0 cm³/mol. The Hall–Kier alpha value is -2.07. The van der Waals surface area contributed by atoms with Crippen LogP contribution in [0.5, 0.6) is 5.75 Å².